The van der Waals surface area contributed by atoms with Gasteiger partial charge in [-0.2, -0.15) is 0 Å². The molecule has 2 rings (SSSR count). The van der Waals surface area contributed by atoms with Crippen molar-refractivity contribution in [3.8, 4) is 0 Å². The first-order valence-electron chi connectivity index (χ1n) is 4.78. The second-order valence-electron chi connectivity index (χ2n) is 3.51. The smallest absolute Gasteiger partial charge is 0.136 e. The topological polar surface area (TPSA) is 20.3 Å². The van der Waals surface area contributed by atoms with E-state index in [1.165, 1.54) is 12.1 Å². The molecule has 3 heteroatoms. The molecule has 1 saturated heterocycles. The van der Waals surface area contributed by atoms with E-state index in [2.05, 4.69) is 0 Å². The number of carbonyl (C=O) groups is 1. The number of rotatable bonds is 1. The molecule has 0 unspecified atom stereocenters. The number of Topliss-reactive ketones (excluding diaryl/α,β-unsaturated/α-hetero) is 1. The number of carbonyl (C=O) groups excluding carboxylic acids is 1. The third-order valence-electron chi connectivity index (χ3n) is 2.49. The highest BCUT2D eigenvalue weighted by molar-refractivity contribution is 5.81. The molecule has 0 atom stereocenters. The minimum atomic E-state index is -0.223. The molecule has 0 radical (unpaired) electrons. The maximum atomic E-state index is 12.9. The van der Waals surface area contributed by atoms with Gasteiger partial charge in [0.05, 0.1) is 0 Å². The van der Waals surface area contributed by atoms with Crippen LogP contribution in [0.2, 0.25) is 0 Å². The quantitative estimate of drug-likeness (QED) is 0.679. The number of piperidine rings is 1. The highest BCUT2D eigenvalue weighted by atomic mass is 19.1. The summed E-state index contributed by atoms with van der Waals surface area (Å²) in [7, 11) is 0. The van der Waals surface area contributed by atoms with E-state index in [-0.39, 0.29) is 5.82 Å². The van der Waals surface area contributed by atoms with Gasteiger partial charge >= 0.3 is 0 Å². The molecule has 1 heterocycles. The molecule has 14 heavy (non-hydrogen) atoms. The zero-order valence-electron chi connectivity index (χ0n) is 7.87. The summed E-state index contributed by atoms with van der Waals surface area (Å²) < 4.78 is 12.9. The van der Waals surface area contributed by atoms with Crippen molar-refractivity contribution in [2.45, 2.75) is 12.8 Å². The van der Waals surface area contributed by atoms with Crippen molar-refractivity contribution in [3.05, 3.63) is 30.1 Å². The second-order valence-corrected chi connectivity index (χ2v) is 3.51. The van der Waals surface area contributed by atoms with E-state index < -0.39 is 0 Å². The summed E-state index contributed by atoms with van der Waals surface area (Å²) in [4.78, 5) is 13.1. The summed E-state index contributed by atoms with van der Waals surface area (Å²) >= 11 is 0. The van der Waals surface area contributed by atoms with E-state index in [1.54, 1.807) is 6.07 Å². The van der Waals surface area contributed by atoms with Crippen LogP contribution in [0.5, 0.6) is 0 Å². The van der Waals surface area contributed by atoms with Gasteiger partial charge in [0.1, 0.15) is 11.6 Å². The Kier molecular flexibility index (Phi) is 2.48. The molecule has 2 nitrogen and oxygen atoms in total. The molecule has 1 aromatic rings. The molecule has 1 aliphatic heterocycles. The summed E-state index contributed by atoms with van der Waals surface area (Å²) in [6, 6.07) is 6.51. The highest BCUT2D eigenvalue weighted by Crippen LogP contribution is 2.18. The van der Waals surface area contributed by atoms with Crippen LogP contribution in [0.15, 0.2) is 24.3 Å². The van der Waals surface area contributed by atoms with Crippen molar-refractivity contribution >= 4 is 11.5 Å². The van der Waals surface area contributed by atoms with Crippen LogP contribution in [0.3, 0.4) is 0 Å². The maximum absolute atomic E-state index is 12.9. The lowest BCUT2D eigenvalue weighted by Crippen LogP contribution is -2.33. The Bertz CT molecular complexity index is 341. The lowest BCUT2D eigenvalue weighted by molar-refractivity contribution is -0.119. The molecule has 0 amide bonds. The van der Waals surface area contributed by atoms with Crippen molar-refractivity contribution < 1.29 is 9.18 Å². The summed E-state index contributed by atoms with van der Waals surface area (Å²) in [6.07, 6.45) is 1.16. The van der Waals surface area contributed by atoms with Crippen LogP contribution in [0.1, 0.15) is 12.8 Å². The third-order valence-corrected chi connectivity index (χ3v) is 2.49. The average molecular weight is 193 g/mol. The van der Waals surface area contributed by atoms with Gasteiger partial charge in [-0.1, -0.05) is 6.07 Å². The van der Waals surface area contributed by atoms with E-state index in [1.807, 2.05) is 11.0 Å². The SMILES string of the molecule is O=C1CCN(c2cccc(F)c2)CC1. The van der Waals surface area contributed by atoms with Crippen molar-refractivity contribution in [1.29, 1.82) is 0 Å². The molecule has 1 aromatic carbocycles. The van der Waals surface area contributed by atoms with E-state index in [0.717, 1.165) is 5.69 Å². The van der Waals surface area contributed by atoms with Gasteiger partial charge in [-0.05, 0) is 18.2 Å². The van der Waals surface area contributed by atoms with Crippen LogP contribution >= 0.6 is 0 Å². The van der Waals surface area contributed by atoms with Gasteiger partial charge in [0, 0.05) is 31.6 Å². The normalized spacial score (nSPS) is 17.2. The van der Waals surface area contributed by atoms with Crippen LogP contribution in [0, 0.1) is 5.82 Å². The van der Waals surface area contributed by atoms with Gasteiger partial charge in [0.25, 0.3) is 0 Å². The summed E-state index contributed by atoms with van der Waals surface area (Å²) in [5.74, 6) is 0.0806. The first kappa shape index (κ1) is 9.19. The van der Waals surface area contributed by atoms with Crippen LogP contribution in [-0.4, -0.2) is 18.9 Å². The highest BCUT2D eigenvalue weighted by Gasteiger charge is 2.16. The standard InChI is InChI=1S/C11H12FNO/c12-9-2-1-3-10(8-9)13-6-4-11(14)5-7-13/h1-3,8H,4-7H2. The van der Waals surface area contributed by atoms with Crippen molar-refractivity contribution in [1.82, 2.24) is 0 Å². The van der Waals surface area contributed by atoms with Gasteiger partial charge in [0.15, 0.2) is 0 Å². The number of ketones is 1. The molecule has 74 valence electrons. The van der Waals surface area contributed by atoms with E-state index in [9.17, 15) is 9.18 Å². The monoisotopic (exact) mass is 193 g/mol. The largest absolute Gasteiger partial charge is 0.371 e. The zero-order chi connectivity index (χ0) is 9.97. The zero-order valence-corrected chi connectivity index (χ0v) is 7.87. The summed E-state index contributed by atoms with van der Waals surface area (Å²) in [5, 5.41) is 0. The van der Waals surface area contributed by atoms with Crippen molar-refractivity contribution in [2.24, 2.45) is 0 Å². The number of hydrogen-bond acceptors (Lipinski definition) is 2. The van der Waals surface area contributed by atoms with E-state index in [0.29, 0.717) is 31.7 Å². The Balaban J connectivity index is 2.12. The molecule has 1 fully saturated rings. The Morgan fingerprint density at radius 3 is 2.57 bits per heavy atom. The molecule has 0 N–H and O–H groups in total. The molecular weight excluding hydrogens is 181 g/mol. The molecule has 0 bridgehead atoms. The fourth-order valence-electron chi connectivity index (χ4n) is 1.69. The van der Waals surface area contributed by atoms with E-state index >= 15 is 0 Å². The second kappa shape index (κ2) is 3.78. The number of hydrogen-bond donors (Lipinski definition) is 0. The Labute approximate surface area is 82.3 Å². The number of benzene rings is 1. The fourth-order valence-corrected chi connectivity index (χ4v) is 1.69. The molecule has 0 spiro atoms. The first-order valence-corrected chi connectivity index (χ1v) is 4.78. The Hall–Kier alpha value is -1.38. The Morgan fingerprint density at radius 1 is 1.21 bits per heavy atom. The number of halogens is 1. The molecular formula is C11H12FNO. The third kappa shape index (κ3) is 1.92. The molecule has 0 saturated carbocycles. The lowest BCUT2D eigenvalue weighted by atomic mass is 10.1. The molecule has 0 aromatic heterocycles. The van der Waals surface area contributed by atoms with Gasteiger partial charge in [-0.15, -0.1) is 0 Å². The minimum Gasteiger partial charge on any atom is -0.371 e. The minimum absolute atomic E-state index is 0.223. The van der Waals surface area contributed by atoms with Crippen LogP contribution in [0.4, 0.5) is 10.1 Å². The van der Waals surface area contributed by atoms with Crippen molar-refractivity contribution in [3.63, 3.8) is 0 Å². The predicted molar refractivity (Wildman–Crippen MR) is 52.9 cm³/mol. The lowest BCUT2D eigenvalue weighted by Gasteiger charge is -2.28. The van der Waals surface area contributed by atoms with Crippen LogP contribution in [0.25, 0.3) is 0 Å². The Morgan fingerprint density at radius 2 is 1.93 bits per heavy atom. The number of nitrogens with zero attached hydrogens (tertiary/aromatic N) is 1. The van der Waals surface area contributed by atoms with Gasteiger partial charge in [-0.3, -0.25) is 4.79 Å². The first-order chi connectivity index (χ1) is 6.75. The summed E-state index contributed by atoms with van der Waals surface area (Å²) in [5.41, 5.74) is 0.873. The van der Waals surface area contributed by atoms with Gasteiger partial charge < -0.3 is 4.90 Å². The average Bonchev–Trinajstić information content (AvgIpc) is 2.19. The predicted octanol–water partition coefficient (Wildman–Crippen LogP) is 2.00. The molecule has 1 aliphatic rings. The van der Waals surface area contributed by atoms with Crippen LogP contribution < -0.4 is 4.90 Å². The number of anilines is 1. The molecule has 0 aliphatic carbocycles. The maximum Gasteiger partial charge on any atom is 0.136 e. The van der Waals surface area contributed by atoms with Crippen LogP contribution in [-0.2, 0) is 4.79 Å². The van der Waals surface area contributed by atoms with Gasteiger partial charge in [-0.25, -0.2) is 4.39 Å². The fraction of sp³-hybridized carbons (Fsp3) is 0.364. The van der Waals surface area contributed by atoms with Gasteiger partial charge in [0.2, 0.25) is 0 Å². The summed E-state index contributed by atoms with van der Waals surface area (Å²) in [6.45, 7) is 1.42. The van der Waals surface area contributed by atoms with E-state index in [4.69, 9.17) is 0 Å². The van der Waals surface area contributed by atoms with Crippen molar-refractivity contribution in [2.75, 3.05) is 18.0 Å².